The topological polar surface area (TPSA) is 68.1 Å². The largest absolute Gasteiger partial charge is 0.268 e. The van der Waals surface area contributed by atoms with Gasteiger partial charge in [-0.1, -0.05) is 36.4 Å². The molecule has 0 N–H and O–H groups in total. The minimum atomic E-state index is -0.818. The number of hydrogen-bond donors (Lipinski definition) is 0. The second-order valence-corrected chi connectivity index (χ2v) is 7.78. The molecule has 5 aromatic rings. The first-order valence-electron chi connectivity index (χ1n) is 10.2. The lowest BCUT2D eigenvalue weighted by atomic mass is 10.1. The molecule has 0 saturated carbocycles. The number of carbonyl (C=O) groups excluding carboxylic acids is 2. The number of aryl methyl sites for hydroxylation is 1. The van der Waals surface area contributed by atoms with Gasteiger partial charge in [-0.15, -0.1) is 0 Å². The van der Waals surface area contributed by atoms with E-state index in [1.165, 1.54) is 16.9 Å². The van der Waals surface area contributed by atoms with E-state index in [-0.39, 0.29) is 22.5 Å². The second-order valence-electron chi connectivity index (χ2n) is 7.78. The zero-order valence-corrected chi connectivity index (χ0v) is 17.2. The molecule has 1 aliphatic rings. The molecule has 1 aliphatic heterocycles. The van der Waals surface area contributed by atoms with Crippen molar-refractivity contribution in [2.75, 3.05) is 4.90 Å². The predicted octanol–water partition coefficient (Wildman–Crippen LogP) is 4.96. The monoisotopic (exact) mass is 440 g/mol. The standard InChI is InChI=1S/C25H14F2N4O2/c1-13-21-22-17(12-28-23(21)31(29-13)20-10-9-15(26)11-18(20)27)24(32)30(25(22)33)19-8-4-6-14-5-2-3-7-16(14)19/h2-12H,1H3. The third-order valence-electron chi connectivity index (χ3n) is 5.87. The summed E-state index contributed by atoms with van der Waals surface area (Å²) in [5, 5.41) is 6.36. The Morgan fingerprint density at radius 2 is 1.67 bits per heavy atom. The molecule has 0 spiro atoms. The first kappa shape index (κ1) is 19.2. The molecule has 33 heavy (non-hydrogen) atoms. The lowest BCUT2D eigenvalue weighted by Crippen LogP contribution is -2.29. The average molecular weight is 440 g/mol. The molecular weight excluding hydrogens is 426 g/mol. The van der Waals surface area contributed by atoms with E-state index in [1.807, 2.05) is 30.3 Å². The fraction of sp³-hybridized carbons (Fsp3) is 0.0400. The molecular formula is C25H14F2N4O2. The average Bonchev–Trinajstić information content (AvgIpc) is 3.27. The van der Waals surface area contributed by atoms with Crippen molar-refractivity contribution in [1.82, 2.24) is 14.8 Å². The summed E-state index contributed by atoms with van der Waals surface area (Å²) in [7, 11) is 0. The normalized spacial score (nSPS) is 13.4. The van der Waals surface area contributed by atoms with Gasteiger partial charge in [0.25, 0.3) is 11.8 Å². The summed E-state index contributed by atoms with van der Waals surface area (Å²) in [5.74, 6) is -2.52. The molecule has 0 fully saturated rings. The van der Waals surface area contributed by atoms with Gasteiger partial charge in [0.15, 0.2) is 11.5 Å². The molecule has 2 aromatic heterocycles. The van der Waals surface area contributed by atoms with E-state index in [9.17, 15) is 18.4 Å². The van der Waals surface area contributed by atoms with Crippen LogP contribution < -0.4 is 4.90 Å². The van der Waals surface area contributed by atoms with Crippen molar-refractivity contribution in [3.8, 4) is 5.69 Å². The maximum atomic E-state index is 14.5. The number of anilines is 1. The highest BCUT2D eigenvalue weighted by Crippen LogP contribution is 2.37. The molecule has 8 heteroatoms. The van der Waals surface area contributed by atoms with Crippen LogP contribution in [0.1, 0.15) is 26.4 Å². The van der Waals surface area contributed by atoms with Crippen LogP contribution in [-0.4, -0.2) is 26.6 Å². The number of carbonyl (C=O) groups is 2. The first-order chi connectivity index (χ1) is 16.0. The Morgan fingerprint density at radius 1 is 0.879 bits per heavy atom. The Labute approximate surface area is 185 Å². The summed E-state index contributed by atoms with van der Waals surface area (Å²) in [5.41, 5.74) is 1.40. The maximum absolute atomic E-state index is 14.5. The van der Waals surface area contributed by atoms with Gasteiger partial charge in [0, 0.05) is 17.6 Å². The minimum absolute atomic E-state index is 0.00960. The van der Waals surface area contributed by atoms with E-state index in [0.29, 0.717) is 16.8 Å². The molecule has 6 rings (SSSR count). The van der Waals surface area contributed by atoms with Gasteiger partial charge in [-0.2, -0.15) is 5.10 Å². The first-order valence-corrected chi connectivity index (χ1v) is 10.2. The molecule has 2 amide bonds. The zero-order chi connectivity index (χ0) is 22.9. The van der Waals surface area contributed by atoms with Crippen LogP contribution in [0.25, 0.3) is 27.5 Å². The van der Waals surface area contributed by atoms with Gasteiger partial charge in [-0.05, 0) is 30.5 Å². The smallest absolute Gasteiger partial charge is 0.267 e. The van der Waals surface area contributed by atoms with Crippen LogP contribution in [0, 0.1) is 18.6 Å². The van der Waals surface area contributed by atoms with Gasteiger partial charge in [0.05, 0.1) is 27.9 Å². The third kappa shape index (κ3) is 2.64. The zero-order valence-electron chi connectivity index (χ0n) is 17.2. The fourth-order valence-corrected chi connectivity index (χ4v) is 4.40. The van der Waals surface area contributed by atoms with Crippen molar-refractivity contribution in [1.29, 1.82) is 0 Å². The molecule has 160 valence electrons. The number of nitrogens with zero attached hydrogens (tertiary/aromatic N) is 4. The van der Waals surface area contributed by atoms with Crippen LogP contribution >= 0.6 is 0 Å². The SMILES string of the molecule is Cc1nn(-c2ccc(F)cc2F)c2ncc3c(c12)C(=O)N(c1cccc2ccccc12)C3=O. The Morgan fingerprint density at radius 3 is 2.48 bits per heavy atom. The number of amides is 2. The maximum Gasteiger partial charge on any atom is 0.267 e. The summed E-state index contributed by atoms with van der Waals surface area (Å²) in [4.78, 5) is 32.4. The van der Waals surface area contributed by atoms with Crippen molar-refractivity contribution in [2.24, 2.45) is 0 Å². The summed E-state index contributed by atoms with van der Waals surface area (Å²) in [6.45, 7) is 1.65. The summed E-state index contributed by atoms with van der Waals surface area (Å²) in [6.07, 6.45) is 1.31. The van der Waals surface area contributed by atoms with Crippen LogP contribution in [0.2, 0.25) is 0 Å². The highest BCUT2D eigenvalue weighted by molar-refractivity contribution is 6.38. The van der Waals surface area contributed by atoms with Gasteiger partial charge >= 0.3 is 0 Å². The Hall–Kier alpha value is -4.46. The summed E-state index contributed by atoms with van der Waals surface area (Å²) in [6, 6.07) is 16.0. The van der Waals surface area contributed by atoms with Crippen LogP contribution in [-0.2, 0) is 0 Å². The highest BCUT2D eigenvalue weighted by atomic mass is 19.1. The lowest BCUT2D eigenvalue weighted by molar-refractivity contribution is 0.0927. The third-order valence-corrected chi connectivity index (χ3v) is 5.87. The Kier molecular flexibility index (Phi) is 3.95. The molecule has 0 aliphatic carbocycles. The molecule has 6 nitrogen and oxygen atoms in total. The van der Waals surface area contributed by atoms with E-state index < -0.39 is 23.4 Å². The molecule has 0 saturated heterocycles. The summed E-state index contributed by atoms with van der Waals surface area (Å²) < 4.78 is 29.1. The van der Waals surface area contributed by atoms with Crippen molar-refractivity contribution in [3.05, 3.63) is 95.3 Å². The molecule has 3 aromatic carbocycles. The molecule has 0 bridgehead atoms. The quantitative estimate of drug-likeness (QED) is 0.364. The number of aromatic nitrogens is 3. The number of hydrogen-bond acceptors (Lipinski definition) is 4. The van der Waals surface area contributed by atoms with Crippen molar-refractivity contribution in [3.63, 3.8) is 0 Å². The van der Waals surface area contributed by atoms with E-state index in [0.717, 1.165) is 27.8 Å². The molecule has 0 unspecified atom stereocenters. The predicted molar refractivity (Wildman–Crippen MR) is 119 cm³/mol. The second kappa shape index (κ2) is 6.77. The molecule has 0 atom stereocenters. The van der Waals surface area contributed by atoms with Crippen molar-refractivity contribution >= 4 is 39.3 Å². The number of halogens is 2. The van der Waals surface area contributed by atoms with Gasteiger partial charge in [-0.25, -0.2) is 23.3 Å². The number of pyridine rings is 1. The number of rotatable bonds is 2. The van der Waals surface area contributed by atoms with Crippen LogP contribution in [0.4, 0.5) is 14.5 Å². The van der Waals surface area contributed by atoms with E-state index in [4.69, 9.17) is 0 Å². The lowest BCUT2D eigenvalue weighted by Gasteiger charge is -2.16. The van der Waals surface area contributed by atoms with E-state index in [1.54, 1.807) is 19.1 Å². The highest BCUT2D eigenvalue weighted by Gasteiger charge is 2.40. The Bertz CT molecular complexity index is 1650. The van der Waals surface area contributed by atoms with Gasteiger partial charge in [0.1, 0.15) is 11.5 Å². The molecule has 0 radical (unpaired) electrons. The van der Waals surface area contributed by atoms with Crippen LogP contribution in [0.15, 0.2) is 66.9 Å². The van der Waals surface area contributed by atoms with Crippen molar-refractivity contribution < 1.29 is 18.4 Å². The van der Waals surface area contributed by atoms with Crippen LogP contribution in [0.5, 0.6) is 0 Å². The fourth-order valence-electron chi connectivity index (χ4n) is 4.40. The molecule has 3 heterocycles. The number of imide groups is 1. The van der Waals surface area contributed by atoms with Gasteiger partial charge in [-0.3, -0.25) is 9.59 Å². The van der Waals surface area contributed by atoms with Crippen LogP contribution in [0.3, 0.4) is 0 Å². The van der Waals surface area contributed by atoms with Crippen molar-refractivity contribution in [2.45, 2.75) is 6.92 Å². The van der Waals surface area contributed by atoms with E-state index in [2.05, 4.69) is 10.1 Å². The Balaban J connectivity index is 1.57. The summed E-state index contributed by atoms with van der Waals surface area (Å²) >= 11 is 0. The minimum Gasteiger partial charge on any atom is -0.268 e. The number of fused-ring (bicyclic) bond motifs is 4. The van der Waals surface area contributed by atoms with Gasteiger partial charge < -0.3 is 0 Å². The van der Waals surface area contributed by atoms with E-state index >= 15 is 0 Å². The number of benzene rings is 3. The van der Waals surface area contributed by atoms with Gasteiger partial charge in [0.2, 0.25) is 0 Å².